The molecule has 0 aromatic heterocycles. The Bertz CT molecular complexity index is 261. The molecule has 3 heteroatoms. The van der Waals surface area contributed by atoms with Gasteiger partial charge in [-0.1, -0.05) is 27.2 Å². The van der Waals surface area contributed by atoms with Crippen LogP contribution in [0.5, 0.6) is 0 Å². The van der Waals surface area contributed by atoms with Crippen LogP contribution in [0.4, 0.5) is 0 Å². The van der Waals surface area contributed by atoms with Crippen molar-refractivity contribution in [3.8, 4) is 0 Å². The highest BCUT2D eigenvalue weighted by atomic mass is 15.3. The molecule has 0 aromatic rings. The average Bonchev–Trinajstić information content (AvgIpc) is 2.53. The van der Waals surface area contributed by atoms with Gasteiger partial charge < -0.3 is 10.2 Å². The topological polar surface area (TPSA) is 18.5 Å². The number of rotatable bonds is 6. The molecule has 1 saturated heterocycles. The van der Waals surface area contributed by atoms with Crippen LogP contribution >= 0.6 is 0 Å². The van der Waals surface area contributed by atoms with Gasteiger partial charge in [-0.3, -0.25) is 4.90 Å². The van der Waals surface area contributed by atoms with Gasteiger partial charge in [-0.15, -0.1) is 0 Å². The summed E-state index contributed by atoms with van der Waals surface area (Å²) < 4.78 is 0. The lowest BCUT2D eigenvalue weighted by Gasteiger charge is -2.46. The Morgan fingerprint density at radius 3 is 2.35 bits per heavy atom. The molecular formula is C17H35N3. The standard InChI is InChI=1S/C17H35N3/c1-4-9-18-16-8-7-15(5-2)14-17(16)20-12-10-19(6-3)11-13-20/h15-18H,4-14H2,1-3H3. The van der Waals surface area contributed by atoms with Crippen molar-refractivity contribution in [1.82, 2.24) is 15.1 Å². The zero-order valence-electron chi connectivity index (χ0n) is 13.9. The smallest absolute Gasteiger partial charge is 0.0253 e. The average molecular weight is 281 g/mol. The molecule has 1 heterocycles. The van der Waals surface area contributed by atoms with Crippen LogP contribution in [0.2, 0.25) is 0 Å². The number of likely N-dealkylation sites (N-methyl/N-ethyl adjacent to an activating group) is 1. The molecule has 20 heavy (non-hydrogen) atoms. The second kappa shape index (κ2) is 8.35. The Balaban J connectivity index is 1.92. The lowest BCUT2D eigenvalue weighted by atomic mass is 9.80. The Morgan fingerprint density at radius 1 is 1.00 bits per heavy atom. The van der Waals surface area contributed by atoms with Crippen LogP contribution in [0.3, 0.4) is 0 Å². The molecular weight excluding hydrogens is 246 g/mol. The number of nitrogens with one attached hydrogen (secondary N) is 1. The summed E-state index contributed by atoms with van der Waals surface area (Å²) in [6.07, 6.45) is 6.86. The molecule has 0 radical (unpaired) electrons. The van der Waals surface area contributed by atoms with E-state index in [0.717, 1.165) is 18.0 Å². The molecule has 0 aromatic carbocycles. The summed E-state index contributed by atoms with van der Waals surface area (Å²) in [5.74, 6) is 0.962. The number of nitrogens with zero attached hydrogens (tertiary/aromatic N) is 2. The first-order chi connectivity index (χ1) is 9.78. The Hall–Kier alpha value is -0.120. The summed E-state index contributed by atoms with van der Waals surface area (Å²) in [6, 6.07) is 1.53. The highest BCUT2D eigenvalue weighted by Crippen LogP contribution is 2.30. The van der Waals surface area contributed by atoms with E-state index in [1.54, 1.807) is 0 Å². The van der Waals surface area contributed by atoms with Crippen molar-refractivity contribution in [3.05, 3.63) is 0 Å². The van der Waals surface area contributed by atoms with E-state index in [4.69, 9.17) is 0 Å². The maximum absolute atomic E-state index is 3.83. The normalized spacial score (nSPS) is 33.5. The van der Waals surface area contributed by atoms with Crippen molar-refractivity contribution in [1.29, 1.82) is 0 Å². The third-order valence-corrected chi connectivity index (χ3v) is 5.48. The number of hydrogen-bond donors (Lipinski definition) is 1. The molecule has 3 atom stereocenters. The molecule has 2 fully saturated rings. The van der Waals surface area contributed by atoms with Gasteiger partial charge in [-0.25, -0.2) is 0 Å². The van der Waals surface area contributed by atoms with E-state index in [1.807, 2.05) is 0 Å². The fourth-order valence-electron chi connectivity index (χ4n) is 3.98. The highest BCUT2D eigenvalue weighted by Gasteiger charge is 2.34. The van der Waals surface area contributed by atoms with Gasteiger partial charge in [0, 0.05) is 38.3 Å². The molecule has 0 bridgehead atoms. The fourth-order valence-corrected chi connectivity index (χ4v) is 3.98. The minimum atomic E-state index is 0.742. The van der Waals surface area contributed by atoms with Gasteiger partial charge in [-0.2, -0.15) is 0 Å². The first-order valence-corrected chi connectivity index (χ1v) is 8.98. The van der Waals surface area contributed by atoms with Gasteiger partial charge in [0.2, 0.25) is 0 Å². The van der Waals surface area contributed by atoms with E-state index in [2.05, 4.69) is 35.9 Å². The van der Waals surface area contributed by atoms with Gasteiger partial charge in [0.05, 0.1) is 0 Å². The van der Waals surface area contributed by atoms with Gasteiger partial charge in [-0.05, 0) is 44.7 Å². The molecule has 1 aliphatic carbocycles. The first kappa shape index (κ1) is 16.3. The number of hydrogen-bond acceptors (Lipinski definition) is 3. The van der Waals surface area contributed by atoms with Crippen LogP contribution < -0.4 is 5.32 Å². The molecule has 1 aliphatic heterocycles. The predicted molar refractivity (Wildman–Crippen MR) is 87.2 cm³/mol. The summed E-state index contributed by atoms with van der Waals surface area (Å²) in [4.78, 5) is 5.38. The molecule has 2 rings (SSSR count). The van der Waals surface area contributed by atoms with Crippen molar-refractivity contribution in [2.75, 3.05) is 39.3 Å². The summed E-state index contributed by atoms with van der Waals surface area (Å²) in [7, 11) is 0. The largest absolute Gasteiger partial charge is 0.312 e. The third kappa shape index (κ3) is 4.19. The summed E-state index contributed by atoms with van der Waals surface area (Å²) in [5, 5.41) is 3.83. The highest BCUT2D eigenvalue weighted by molar-refractivity contribution is 4.92. The van der Waals surface area contributed by atoms with Gasteiger partial charge in [0.1, 0.15) is 0 Å². The number of piperazine rings is 1. The minimum absolute atomic E-state index is 0.742. The molecule has 3 unspecified atom stereocenters. The lowest BCUT2D eigenvalue weighted by molar-refractivity contribution is 0.0489. The van der Waals surface area contributed by atoms with Gasteiger partial charge in [0.15, 0.2) is 0 Å². The van der Waals surface area contributed by atoms with E-state index in [-0.39, 0.29) is 0 Å². The Kier molecular flexibility index (Phi) is 6.79. The van der Waals surface area contributed by atoms with Gasteiger partial charge >= 0.3 is 0 Å². The monoisotopic (exact) mass is 281 g/mol. The summed E-state index contributed by atoms with van der Waals surface area (Å²) in [6.45, 7) is 14.4. The molecule has 2 aliphatic rings. The van der Waals surface area contributed by atoms with Crippen LogP contribution in [0.25, 0.3) is 0 Å². The van der Waals surface area contributed by atoms with Crippen LogP contribution in [0.15, 0.2) is 0 Å². The fraction of sp³-hybridized carbons (Fsp3) is 1.00. The summed E-state index contributed by atoms with van der Waals surface area (Å²) >= 11 is 0. The summed E-state index contributed by atoms with van der Waals surface area (Å²) in [5.41, 5.74) is 0. The molecule has 3 nitrogen and oxygen atoms in total. The predicted octanol–water partition coefficient (Wildman–Crippen LogP) is 2.57. The maximum Gasteiger partial charge on any atom is 0.0253 e. The van der Waals surface area contributed by atoms with Crippen molar-refractivity contribution in [3.63, 3.8) is 0 Å². The van der Waals surface area contributed by atoms with E-state index in [9.17, 15) is 0 Å². The third-order valence-electron chi connectivity index (χ3n) is 5.48. The molecule has 1 N–H and O–H groups in total. The minimum Gasteiger partial charge on any atom is -0.312 e. The molecule has 0 spiro atoms. The zero-order chi connectivity index (χ0) is 14.4. The maximum atomic E-state index is 3.83. The van der Waals surface area contributed by atoms with Crippen LogP contribution in [0.1, 0.15) is 52.9 Å². The van der Waals surface area contributed by atoms with Crippen molar-refractivity contribution in [2.45, 2.75) is 65.0 Å². The molecule has 118 valence electrons. The van der Waals surface area contributed by atoms with E-state index in [1.165, 1.54) is 71.4 Å². The van der Waals surface area contributed by atoms with E-state index >= 15 is 0 Å². The second-order valence-electron chi connectivity index (χ2n) is 6.69. The van der Waals surface area contributed by atoms with Crippen molar-refractivity contribution in [2.24, 2.45) is 5.92 Å². The quantitative estimate of drug-likeness (QED) is 0.807. The Labute approximate surface area is 126 Å². The SMILES string of the molecule is CCCNC1CCC(CC)CC1N1CCN(CC)CC1. The molecule has 1 saturated carbocycles. The Morgan fingerprint density at radius 2 is 1.75 bits per heavy atom. The lowest BCUT2D eigenvalue weighted by Crippen LogP contribution is -2.58. The van der Waals surface area contributed by atoms with Crippen LogP contribution in [-0.2, 0) is 0 Å². The van der Waals surface area contributed by atoms with Crippen molar-refractivity contribution < 1.29 is 0 Å². The second-order valence-corrected chi connectivity index (χ2v) is 6.69. The van der Waals surface area contributed by atoms with E-state index in [0.29, 0.717) is 0 Å². The van der Waals surface area contributed by atoms with Crippen molar-refractivity contribution >= 4 is 0 Å². The molecule has 0 amide bonds. The zero-order valence-corrected chi connectivity index (χ0v) is 13.9. The van der Waals surface area contributed by atoms with E-state index < -0.39 is 0 Å². The van der Waals surface area contributed by atoms with Gasteiger partial charge in [0.25, 0.3) is 0 Å². The van der Waals surface area contributed by atoms with Crippen LogP contribution in [0, 0.1) is 5.92 Å². The van der Waals surface area contributed by atoms with Crippen LogP contribution in [-0.4, -0.2) is 61.2 Å². The first-order valence-electron chi connectivity index (χ1n) is 8.98.